The highest BCUT2D eigenvalue weighted by Gasteiger charge is 2.24. The minimum Gasteiger partial charge on any atom is -0.312 e. The Balaban J connectivity index is 1.95. The highest BCUT2D eigenvalue weighted by molar-refractivity contribution is 5.19. The van der Waals surface area contributed by atoms with Gasteiger partial charge in [0.15, 0.2) is 0 Å². The second-order valence-corrected chi connectivity index (χ2v) is 6.27. The molecule has 2 heteroatoms. The molecule has 1 N–H and O–H groups in total. The fourth-order valence-electron chi connectivity index (χ4n) is 2.39. The highest BCUT2D eigenvalue weighted by Crippen LogP contribution is 2.23. The zero-order valence-corrected chi connectivity index (χ0v) is 12.6. The van der Waals surface area contributed by atoms with Gasteiger partial charge in [-0.05, 0) is 44.3 Å². The molecule has 0 spiro atoms. The predicted molar refractivity (Wildman–Crippen MR) is 82.3 cm³/mol. The average Bonchev–Trinajstić information content (AvgIpc) is 3.22. The molecule has 1 atom stereocenters. The normalized spacial score (nSPS) is 17.1. The van der Waals surface area contributed by atoms with E-state index in [0.717, 1.165) is 18.5 Å². The molecule has 0 heterocycles. The molecule has 0 aliphatic heterocycles. The van der Waals surface area contributed by atoms with Crippen molar-refractivity contribution in [3.8, 4) is 0 Å². The Kier molecular flexibility index (Phi) is 5.41. The molecule has 1 unspecified atom stereocenters. The average molecular weight is 260 g/mol. The first-order valence-corrected chi connectivity index (χ1v) is 7.65. The van der Waals surface area contributed by atoms with Gasteiger partial charge in [-0.1, -0.05) is 44.2 Å². The van der Waals surface area contributed by atoms with Gasteiger partial charge in [-0.3, -0.25) is 4.90 Å². The van der Waals surface area contributed by atoms with Gasteiger partial charge in [-0.25, -0.2) is 0 Å². The van der Waals surface area contributed by atoms with E-state index in [1.807, 2.05) is 0 Å². The van der Waals surface area contributed by atoms with Crippen molar-refractivity contribution in [2.24, 2.45) is 5.92 Å². The summed E-state index contributed by atoms with van der Waals surface area (Å²) in [7, 11) is 2.26. The Morgan fingerprint density at radius 1 is 1.21 bits per heavy atom. The van der Waals surface area contributed by atoms with E-state index in [1.54, 1.807) is 0 Å². The monoisotopic (exact) mass is 260 g/mol. The summed E-state index contributed by atoms with van der Waals surface area (Å²) in [6.07, 6.45) is 3.98. The molecule has 0 aromatic heterocycles. The number of hydrogen-bond acceptors (Lipinski definition) is 2. The van der Waals surface area contributed by atoms with Crippen LogP contribution in [-0.2, 0) is 0 Å². The van der Waals surface area contributed by atoms with Gasteiger partial charge in [0.2, 0.25) is 0 Å². The van der Waals surface area contributed by atoms with Crippen molar-refractivity contribution in [3.05, 3.63) is 35.9 Å². The predicted octanol–water partition coefficient (Wildman–Crippen LogP) is 3.46. The molecule has 0 saturated heterocycles. The number of likely N-dealkylation sites (N-methyl/N-ethyl adjacent to an activating group) is 1. The smallest absolute Gasteiger partial charge is 0.0469 e. The van der Waals surface area contributed by atoms with Crippen molar-refractivity contribution in [1.29, 1.82) is 0 Å². The minimum absolute atomic E-state index is 0.501. The van der Waals surface area contributed by atoms with E-state index in [9.17, 15) is 0 Å². The van der Waals surface area contributed by atoms with Gasteiger partial charge in [-0.2, -0.15) is 0 Å². The highest BCUT2D eigenvalue weighted by atomic mass is 15.2. The van der Waals surface area contributed by atoms with Crippen LogP contribution in [0.3, 0.4) is 0 Å². The first kappa shape index (κ1) is 14.5. The van der Waals surface area contributed by atoms with Gasteiger partial charge in [-0.15, -0.1) is 0 Å². The molecule has 0 bridgehead atoms. The molecule has 19 heavy (non-hydrogen) atoms. The lowest BCUT2D eigenvalue weighted by Crippen LogP contribution is -2.35. The molecule has 106 valence electrons. The number of nitrogens with one attached hydrogen (secondary N) is 1. The summed E-state index contributed by atoms with van der Waals surface area (Å²) in [5.74, 6) is 0.773. The van der Waals surface area contributed by atoms with Crippen LogP contribution in [-0.4, -0.2) is 31.1 Å². The molecule has 1 saturated carbocycles. The minimum atomic E-state index is 0.501. The second-order valence-electron chi connectivity index (χ2n) is 6.27. The molecule has 1 aliphatic rings. The van der Waals surface area contributed by atoms with Crippen LogP contribution < -0.4 is 5.32 Å². The molecule has 0 radical (unpaired) electrons. The van der Waals surface area contributed by atoms with Crippen molar-refractivity contribution >= 4 is 0 Å². The first-order valence-electron chi connectivity index (χ1n) is 7.65. The third-order valence-electron chi connectivity index (χ3n) is 3.95. The topological polar surface area (TPSA) is 15.3 Å². The van der Waals surface area contributed by atoms with E-state index >= 15 is 0 Å². The molecule has 1 aromatic carbocycles. The Morgan fingerprint density at radius 3 is 2.47 bits per heavy atom. The van der Waals surface area contributed by atoms with E-state index in [-0.39, 0.29) is 0 Å². The van der Waals surface area contributed by atoms with Gasteiger partial charge in [0.25, 0.3) is 0 Å². The molecule has 1 aromatic rings. The summed E-state index contributed by atoms with van der Waals surface area (Å²) in [4.78, 5) is 2.50. The maximum atomic E-state index is 3.68. The summed E-state index contributed by atoms with van der Waals surface area (Å²) in [5, 5.41) is 3.68. The molecule has 2 rings (SSSR count). The van der Waals surface area contributed by atoms with Crippen LogP contribution in [0.15, 0.2) is 30.3 Å². The van der Waals surface area contributed by atoms with Crippen LogP contribution in [0.5, 0.6) is 0 Å². The van der Waals surface area contributed by atoms with Crippen molar-refractivity contribution < 1.29 is 0 Å². The largest absolute Gasteiger partial charge is 0.312 e. The fourth-order valence-corrected chi connectivity index (χ4v) is 2.39. The molecular weight excluding hydrogens is 232 g/mol. The number of hydrogen-bond donors (Lipinski definition) is 1. The van der Waals surface area contributed by atoms with Crippen LogP contribution in [0.1, 0.15) is 44.7 Å². The Morgan fingerprint density at radius 2 is 1.89 bits per heavy atom. The quantitative estimate of drug-likeness (QED) is 0.770. The van der Waals surface area contributed by atoms with Crippen molar-refractivity contribution in [1.82, 2.24) is 10.2 Å². The summed E-state index contributed by atoms with van der Waals surface area (Å²) in [6.45, 7) is 6.84. The zero-order valence-electron chi connectivity index (χ0n) is 12.6. The van der Waals surface area contributed by atoms with E-state index in [4.69, 9.17) is 0 Å². The van der Waals surface area contributed by atoms with Crippen LogP contribution >= 0.6 is 0 Å². The van der Waals surface area contributed by atoms with Crippen LogP contribution in [0, 0.1) is 5.92 Å². The van der Waals surface area contributed by atoms with Crippen LogP contribution in [0.4, 0.5) is 0 Å². The zero-order chi connectivity index (χ0) is 13.7. The number of nitrogens with zero attached hydrogens (tertiary/aromatic N) is 1. The maximum absolute atomic E-state index is 3.68. The van der Waals surface area contributed by atoms with E-state index in [1.165, 1.54) is 31.4 Å². The van der Waals surface area contributed by atoms with Gasteiger partial charge in [0, 0.05) is 18.6 Å². The Bertz CT molecular complexity index is 357. The van der Waals surface area contributed by atoms with Crippen molar-refractivity contribution in [2.45, 2.75) is 45.2 Å². The fraction of sp³-hybridized carbons (Fsp3) is 0.647. The summed E-state index contributed by atoms with van der Waals surface area (Å²) in [5.41, 5.74) is 1.43. The molecule has 1 fully saturated rings. The lowest BCUT2D eigenvalue weighted by Gasteiger charge is -2.29. The molecule has 2 nitrogen and oxygen atoms in total. The van der Waals surface area contributed by atoms with Gasteiger partial charge in [0.05, 0.1) is 0 Å². The third kappa shape index (κ3) is 4.96. The molecule has 0 amide bonds. The molecular formula is C17H28N2. The summed E-state index contributed by atoms with van der Waals surface area (Å²) >= 11 is 0. The van der Waals surface area contributed by atoms with Gasteiger partial charge < -0.3 is 5.32 Å². The maximum Gasteiger partial charge on any atom is 0.0469 e. The van der Waals surface area contributed by atoms with E-state index in [2.05, 4.69) is 61.4 Å². The summed E-state index contributed by atoms with van der Waals surface area (Å²) in [6, 6.07) is 12.2. The third-order valence-corrected chi connectivity index (χ3v) is 3.95. The first-order chi connectivity index (χ1) is 9.16. The van der Waals surface area contributed by atoms with Gasteiger partial charge >= 0.3 is 0 Å². The summed E-state index contributed by atoms with van der Waals surface area (Å²) < 4.78 is 0. The number of benzene rings is 1. The van der Waals surface area contributed by atoms with E-state index in [0.29, 0.717) is 6.04 Å². The standard InChI is InChI=1S/C17H28N2/c1-14(2)11-12-19(3)17(13-18-16-9-10-16)15-7-5-4-6-8-15/h4-8,14,16-18H,9-13H2,1-3H3. The van der Waals surface area contributed by atoms with Crippen LogP contribution in [0.25, 0.3) is 0 Å². The van der Waals surface area contributed by atoms with Crippen LogP contribution in [0.2, 0.25) is 0 Å². The Hall–Kier alpha value is -0.860. The molecule has 1 aliphatic carbocycles. The lowest BCUT2D eigenvalue weighted by molar-refractivity contribution is 0.225. The SMILES string of the molecule is CC(C)CCN(C)C(CNC1CC1)c1ccccc1. The second kappa shape index (κ2) is 7.06. The van der Waals surface area contributed by atoms with Gasteiger partial charge in [0.1, 0.15) is 0 Å². The van der Waals surface area contributed by atoms with E-state index < -0.39 is 0 Å². The lowest BCUT2D eigenvalue weighted by atomic mass is 10.0. The Labute approximate surface area is 118 Å². The van der Waals surface area contributed by atoms with Crippen molar-refractivity contribution in [3.63, 3.8) is 0 Å². The van der Waals surface area contributed by atoms with Crippen molar-refractivity contribution in [2.75, 3.05) is 20.1 Å². The number of rotatable bonds is 8.